The summed E-state index contributed by atoms with van der Waals surface area (Å²) in [5, 5.41) is 9.81. The number of fused-ring (bicyclic) bond motifs is 2. The van der Waals surface area contributed by atoms with Crippen molar-refractivity contribution in [2.75, 3.05) is 13.2 Å². The lowest BCUT2D eigenvalue weighted by molar-refractivity contribution is -0.0716. The van der Waals surface area contributed by atoms with Crippen LogP contribution in [-0.2, 0) is 28.2 Å². The zero-order valence-corrected chi connectivity index (χ0v) is 24.5. The van der Waals surface area contributed by atoms with E-state index in [1.165, 1.54) is 6.07 Å². The molecular weight excluding hydrogens is 575 g/mol. The minimum absolute atomic E-state index is 0.0707. The molecule has 10 heteroatoms. The maximum absolute atomic E-state index is 14.8. The number of hydrogen-bond acceptors (Lipinski definition) is 6. The summed E-state index contributed by atoms with van der Waals surface area (Å²) in [7, 11) is 0. The average molecular weight is 607 g/mol. The molecule has 0 radical (unpaired) electrons. The molecule has 8 nitrogen and oxygen atoms in total. The van der Waals surface area contributed by atoms with Crippen LogP contribution < -0.4 is 9.47 Å². The van der Waals surface area contributed by atoms with Crippen molar-refractivity contribution in [1.29, 1.82) is 0 Å². The fraction of sp³-hybridized carbons (Fsp3) is 0.394. The Bertz CT molecular complexity index is 1700. The van der Waals surface area contributed by atoms with Gasteiger partial charge in [0.25, 0.3) is 5.79 Å². The Kier molecular flexibility index (Phi) is 7.27. The van der Waals surface area contributed by atoms with Crippen molar-refractivity contribution in [3.8, 4) is 11.5 Å². The topological polar surface area (TPSA) is 92.0 Å². The number of aromatic nitrogens is 2. The minimum Gasteiger partial charge on any atom is -0.478 e. The van der Waals surface area contributed by atoms with E-state index in [2.05, 4.69) is 4.57 Å². The summed E-state index contributed by atoms with van der Waals surface area (Å²) in [5.41, 5.74) is 3.13. The van der Waals surface area contributed by atoms with Crippen molar-refractivity contribution in [2.24, 2.45) is 0 Å². The van der Waals surface area contributed by atoms with E-state index in [0.717, 1.165) is 54.7 Å². The number of aromatic carboxylic acids is 1. The molecule has 4 atom stereocenters. The van der Waals surface area contributed by atoms with E-state index in [1.54, 1.807) is 37.3 Å². The van der Waals surface area contributed by atoms with Crippen molar-refractivity contribution in [3.63, 3.8) is 0 Å². The third-order valence-corrected chi connectivity index (χ3v) is 9.02. The molecular formula is C33H32ClFN2O6. The second-order valence-electron chi connectivity index (χ2n) is 11.6. The second kappa shape index (κ2) is 11.1. The molecule has 3 aliphatic heterocycles. The van der Waals surface area contributed by atoms with Crippen LogP contribution in [0, 0.1) is 5.82 Å². The first-order valence-corrected chi connectivity index (χ1v) is 15.1. The van der Waals surface area contributed by atoms with E-state index >= 15 is 0 Å². The van der Waals surface area contributed by atoms with Gasteiger partial charge >= 0.3 is 5.97 Å². The number of carboxylic acids is 1. The third kappa shape index (κ3) is 5.34. The number of rotatable bonds is 8. The lowest BCUT2D eigenvalue weighted by atomic mass is 9.89. The normalized spacial score (nSPS) is 24.7. The number of benzene rings is 3. The van der Waals surface area contributed by atoms with Gasteiger partial charge in [0.05, 0.1) is 47.5 Å². The van der Waals surface area contributed by atoms with Gasteiger partial charge in [-0.3, -0.25) is 0 Å². The van der Waals surface area contributed by atoms with E-state index in [9.17, 15) is 14.3 Å². The van der Waals surface area contributed by atoms with Crippen molar-refractivity contribution in [1.82, 2.24) is 9.55 Å². The van der Waals surface area contributed by atoms with Crippen molar-refractivity contribution in [2.45, 2.75) is 69.5 Å². The molecule has 4 aromatic rings. The average Bonchev–Trinajstić information content (AvgIpc) is 3.50. The number of nitrogens with zero attached hydrogens (tertiary/aromatic N) is 2. The number of hydrogen-bond donors (Lipinski definition) is 1. The summed E-state index contributed by atoms with van der Waals surface area (Å²) < 4.78 is 41.4. The predicted octanol–water partition coefficient (Wildman–Crippen LogP) is 6.86. The van der Waals surface area contributed by atoms with Crippen LogP contribution in [0.3, 0.4) is 0 Å². The number of para-hydroxylation sites is 1. The summed E-state index contributed by atoms with van der Waals surface area (Å²) in [6.45, 7) is 3.65. The SMILES string of the molecule is CC1(c2ccc(Cl)cc2F)Oc2cccc(C3CCC(CCc4nc5ccc(C(=O)O)cc5n4C[C@@H]4CCO4)OC3)c2O1. The fourth-order valence-electron chi connectivity index (χ4n) is 6.34. The summed E-state index contributed by atoms with van der Waals surface area (Å²) >= 11 is 5.96. The summed E-state index contributed by atoms with van der Waals surface area (Å²) in [6, 6.07) is 15.3. The molecule has 1 aromatic heterocycles. The molecule has 0 spiro atoms. The molecule has 3 aromatic carbocycles. The van der Waals surface area contributed by atoms with Crippen molar-refractivity contribution in [3.05, 3.63) is 88.0 Å². The molecule has 3 aliphatic rings. The lowest BCUT2D eigenvalue weighted by Gasteiger charge is -2.30. The summed E-state index contributed by atoms with van der Waals surface area (Å²) in [6.07, 6.45) is 4.46. The molecule has 0 amide bonds. The number of carbonyl (C=O) groups is 1. The summed E-state index contributed by atoms with van der Waals surface area (Å²) in [5.74, 6) is -0.503. The molecule has 224 valence electrons. The predicted molar refractivity (Wildman–Crippen MR) is 158 cm³/mol. The molecule has 1 N–H and O–H groups in total. The Morgan fingerprint density at radius 1 is 1.09 bits per heavy atom. The zero-order chi connectivity index (χ0) is 29.7. The van der Waals surface area contributed by atoms with E-state index in [4.69, 9.17) is 35.5 Å². The molecule has 4 heterocycles. The van der Waals surface area contributed by atoms with Crippen LogP contribution in [0.15, 0.2) is 54.6 Å². The quantitative estimate of drug-likeness (QED) is 0.234. The van der Waals surface area contributed by atoms with Crippen LogP contribution in [0.5, 0.6) is 11.5 Å². The number of halogens is 2. The van der Waals surface area contributed by atoms with Crippen molar-refractivity contribution >= 4 is 28.6 Å². The van der Waals surface area contributed by atoms with Gasteiger partial charge in [-0.05, 0) is 68.1 Å². The first-order valence-electron chi connectivity index (χ1n) is 14.7. The van der Waals surface area contributed by atoms with Gasteiger partial charge in [0, 0.05) is 36.5 Å². The van der Waals surface area contributed by atoms with Gasteiger partial charge in [-0.2, -0.15) is 0 Å². The van der Waals surface area contributed by atoms with Crippen LogP contribution in [0.4, 0.5) is 4.39 Å². The zero-order valence-electron chi connectivity index (χ0n) is 23.7. The Hall–Kier alpha value is -3.66. The highest BCUT2D eigenvalue weighted by molar-refractivity contribution is 6.30. The van der Waals surface area contributed by atoms with Crippen LogP contribution in [0.2, 0.25) is 5.02 Å². The Morgan fingerprint density at radius 2 is 1.95 bits per heavy atom. The van der Waals surface area contributed by atoms with E-state index in [0.29, 0.717) is 36.1 Å². The van der Waals surface area contributed by atoms with Crippen LogP contribution in [-0.4, -0.2) is 46.0 Å². The smallest absolute Gasteiger partial charge is 0.335 e. The largest absolute Gasteiger partial charge is 0.478 e. The molecule has 0 saturated carbocycles. The van der Waals surface area contributed by atoms with Crippen molar-refractivity contribution < 1.29 is 33.2 Å². The third-order valence-electron chi connectivity index (χ3n) is 8.79. The molecule has 2 fully saturated rings. The van der Waals surface area contributed by atoms with Crippen LogP contribution in [0.1, 0.15) is 65.8 Å². The number of imidazole rings is 1. The van der Waals surface area contributed by atoms with Gasteiger partial charge in [0.15, 0.2) is 11.5 Å². The van der Waals surface area contributed by atoms with Crippen LogP contribution >= 0.6 is 11.6 Å². The lowest BCUT2D eigenvalue weighted by Crippen LogP contribution is -2.33. The van der Waals surface area contributed by atoms with Gasteiger partial charge in [-0.15, -0.1) is 0 Å². The second-order valence-corrected chi connectivity index (χ2v) is 12.1. The highest BCUT2D eigenvalue weighted by Crippen LogP contribution is 2.49. The molecule has 2 saturated heterocycles. The maximum atomic E-state index is 14.8. The number of carboxylic acid groups (broad SMARTS) is 1. The monoisotopic (exact) mass is 606 g/mol. The fourth-order valence-corrected chi connectivity index (χ4v) is 6.50. The van der Waals surface area contributed by atoms with Gasteiger partial charge in [-0.1, -0.05) is 23.7 Å². The Morgan fingerprint density at radius 3 is 2.67 bits per heavy atom. The van der Waals surface area contributed by atoms with E-state index in [1.807, 2.05) is 18.2 Å². The van der Waals surface area contributed by atoms with E-state index in [-0.39, 0.29) is 29.3 Å². The Balaban J connectivity index is 1.03. The Labute approximate surface area is 253 Å². The molecule has 7 rings (SSSR count). The van der Waals surface area contributed by atoms with Gasteiger partial charge in [0.1, 0.15) is 11.6 Å². The van der Waals surface area contributed by atoms with E-state index < -0.39 is 17.6 Å². The summed E-state index contributed by atoms with van der Waals surface area (Å²) in [4.78, 5) is 16.4. The van der Waals surface area contributed by atoms with Crippen LogP contribution in [0.25, 0.3) is 11.0 Å². The van der Waals surface area contributed by atoms with Gasteiger partial charge in [0.2, 0.25) is 0 Å². The highest BCUT2D eigenvalue weighted by Gasteiger charge is 2.43. The maximum Gasteiger partial charge on any atom is 0.335 e. The molecule has 3 unspecified atom stereocenters. The molecule has 43 heavy (non-hydrogen) atoms. The highest BCUT2D eigenvalue weighted by atomic mass is 35.5. The van der Waals surface area contributed by atoms with Gasteiger partial charge in [-0.25, -0.2) is 14.2 Å². The molecule has 0 aliphatic carbocycles. The number of ether oxygens (including phenoxy) is 4. The first-order chi connectivity index (χ1) is 20.8. The first kappa shape index (κ1) is 28.1. The number of aryl methyl sites for hydroxylation is 1. The molecule has 0 bridgehead atoms. The standard InChI is InChI=1S/C33H32ClFN2O6/c1-33(25-10-7-21(34)16-26(25)35)42-29-4-2-3-24(31(29)43-33)20-5-8-22(41-18-20)9-12-30-36-27-11-6-19(32(38)39)15-28(27)37(30)17-23-13-14-40-23/h2-4,6-7,10-11,15-16,20,22-23H,5,8-9,12-14,17-18H2,1H3,(H,38,39)/t20?,22?,23-,33?/m0/s1. The minimum atomic E-state index is -1.30. The van der Waals surface area contributed by atoms with Gasteiger partial charge < -0.3 is 28.6 Å².